The second-order valence-corrected chi connectivity index (χ2v) is 16.3. The first-order valence-electron chi connectivity index (χ1n) is 23.8. The summed E-state index contributed by atoms with van der Waals surface area (Å²) in [4.78, 5) is 28.4. The number of hydrogen-bond acceptors (Lipinski definition) is 5. The van der Waals surface area contributed by atoms with Crippen molar-refractivity contribution in [3.8, 4) is 0 Å². The minimum atomic E-state index is -0.327. The summed E-state index contributed by atoms with van der Waals surface area (Å²) in [6, 6.07) is -0.327. The molecule has 7 heteroatoms. The summed E-state index contributed by atoms with van der Waals surface area (Å²) in [6.07, 6.45) is 45.4. The van der Waals surface area contributed by atoms with Crippen LogP contribution in [0, 0.1) is 0 Å². The van der Waals surface area contributed by atoms with Crippen molar-refractivity contribution in [3.05, 3.63) is 0 Å². The number of nitrogens with zero attached hydrogens (tertiary/aromatic N) is 1. The molecule has 0 radical (unpaired) electrons. The predicted molar refractivity (Wildman–Crippen MR) is 232 cm³/mol. The maximum absolute atomic E-state index is 13.4. The lowest BCUT2D eigenvalue weighted by molar-refractivity contribution is -0.133. The van der Waals surface area contributed by atoms with Crippen molar-refractivity contribution in [1.29, 1.82) is 0 Å². The molecule has 6 N–H and O–H groups in total. The Hall–Kier alpha value is -1.18. The molecule has 0 aliphatic heterocycles. The molecule has 0 aromatic rings. The van der Waals surface area contributed by atoms with E-state index in [0.717, 1.165) is 38.8 Å². The molecule has 0 bridgehead atoms. The van der Waals surface area contributed by atoms with Gasteiger partial charge in [0.05, 0.1) is 12.6 Å². The van der Waals surface area contributed by atoms with Gasteiger partial charge in [0, 0.05) is 13.1 Å². The van der Waals surface area contributed by atoms with Crippen molar-refractivity contribution in [2.45, 2.75) is 245 Å². The van der Waals surface area contributed by atoms with Crippen molar-refractivity contribution in [2.24, 2.45) is 11.5 Å². The van der Waals surface area contributed by atoms with Crippen molar-refractivity contribution < 1.29 is 9.59 Å². The maximum Gasteiger partial charge on any atom is 0.241 e. The molecule has 0 aliphatic rings. The molecule has 0 unspecified atom stereocenters. The first-order chi connectivity index (χ1) is 26.1. The van der Waals surface area contributed by atoms with Crippen LogP contribution in [-0.2, 0) is 9.59 Å². The van der Waals surface area contributed by atoms with Crippen LogP contribution in [0.1, 0.15) is 239 Å². The third kappa shape index (κ3) is 37.5. The largest absolute Gasteiger partial charge is 0.346 e. The van der Waals surface area contributed by atoms with Gasteiger partial charge in [0.2, 0.25) is 11.8 Å². The standard InChI is InChI=1S/C46H95N5O2/c1-3-5-7-9-11-13-15-17-19-21-23-25-27-29-31-33-41-51(45(52)43-50-46(53)44(37-35-38-47)49-40-36-39-48)42-34-32-30-28-26-24-22-20-18-16-14-12-10-8-6-4-2/h44,49H,3-43,47-48H2,1-2H3,(H,50,53)/t44-/m0/s1. The Morgan fingerprint density at radius 3 is 1.09 bits per heavy atom. The Labute approximate surface area is 331 Å². The van der Waals surface area contributed by atoms with E-state index < -0.39 is 0 Å². The zero-order chi connectivity index (χ0) is 38.7. The van der Waals surface area contributed by atoms with Gasteiger partial charge in [0.1, 0.15) is 0 Å². The Kier molecular flexibility index (Phi) is 42.6. The lowest BCUT2D eigenvalue weighted by atomic mass is 10.0. The highest BCUT2D eigenvalue weighted by atomic mass is 16.2. The van der Waals surface area contributed by atoms with E-state index in [1.54, 1.807) is 0 Å². The SMILES string of the molecule is CCCCCCCCCCCCCCCCCCN(CCCCCCCCCCCCCCCCCC)C(=O)CNC(=O)[C@H](CCCN)NCCCN. The number of carbonyl (C=O) groups is 2. The monoisotopic (exact) mass is 750 g/mol. The molecule has 0 saturated carbocycles. The van der Waals surface area contributed by atoms with Crippen LogP contribution in [0.3, 0.4) is 0 Å². The second-order valence-electron chi connectivity index (χ2n) is 16.3. The minimum absolute atomic E-state index is 0.0554. The van der Waals surface area contributed by atoms with Crippen LogP contribution >= 0.6 is 0 Å². The molecule has 0 aromatic heterocycles. The van der Waals surface area contributed by atoms with Gasteiger partial charge in [-0.1, -0.05) is 206 Å². The van der Waals surface area contributed by atoms with E-state index in [1.165, 1.54) is 193 Å². The molecule has 316 valence electrons. The smallest absolute Gasteiger partial charge is 0.241 e. The second kappa shape index (κ2) is 43.5. The first-order valence-corrected chi connectivity index (χ1v) is 23.8. The predicted octanol–water partition coefficient (Wildman–Crippen LogP) is 11.5. The van der Waals surface area contributed by atoms with Crippen molar-refractivity contribution in [2.75, 3.05) is 39.3 Å². The van der Waals surface area contributed by atoms with Crippen LogP contribution in [0.25, 0.3) is 0 Å². The van der Waals surface area contributed by atoms with Gasteiger partial charge < -0.3 is 27.0 Å². The third-order valence-electron chi connectivity index (χ3n) is 11.1. The summed E-state index contributed by atoms with van der Waals surface area (Å²) in [6.45, 7) is 8.09. The number of unbranched alkanes of at least 4 members (excludes halogenated alkanes) is 30. The molecule has 0 saturated heterocycles. The molecule has 0 fully saturated rings. The molecule has 0 heterocycles. The van der Waals surface area contributed by atoms with E-state index in [-0.39, 0.29) is 24.4 Å². The molecule has 0 rings (SSSR count). The average molecular weight is 750 g/mol. The summed E-state index contributed by atoms with van der Waals surface area (Å²) in [5.41, 5.74) is 11.4. The number of amides is 2. The molecule has 53 heavy (non-hydrogen) atoms. The number of carbonyl (C=O) groups excluding carboxylic acids is 2. The van der Waals surface area contributed by atoms with Gasteiger partial charge in [0.15, 0.2) is 0 Å². The zero-order valence-corrected chi connectivity index (χ0v) is 36.0. The Morgan fingerprint density at radius 2 is 0.774 bits per heavy atom. The van der Waals surface area contributed by atoms with E-state index in [0.29, 0.717) is 26.1 Å². The number of hydrogen-bond donors (Lipinski definition) is 4. The van der Waals surface area contributed by atoms with E-state index in [4.69, 9.17) is 11.5 Å². The van der Waals surface area contributed by atoms with Crippen molar-refractivity contribution in [1.82, 2.24) is 15.5 Å². The first kappa shape index (κ1) is 51.8. The highest BCUT2D eigenvalue weighted by molar-refractivity contribution is 5.87. The van der Waals surface area contributed by atoms with Crippen LogP contribution in [0.15, 0.2) is 0 Å². The summed E-state index contributed by atoms with van der Waals surface area (Å²) in [7, 11) is 0. The highest BCUT2D eigenvalue weighted by Gasteiger charge is 2.20. The van der Waals surface area contributed by atoms with Crippen molar-refractivity contribution in [3.63, 3.8) is 0 Å². The number of nitrogens with two attached hydrogens (primary N) is 2. The molecular weight excluding hydrogens is 655 g/mol. The molecule has 7 nitrogen and oxygen atoms in total. The molecule has 1 atom stereocenters. The molecule has 2 amide bonds. The number of rotatable bonds is 44. The van der Waals surface area contributed by atoms with Crippen LogP contribution < -0.4 is 22.1 Å². The van der Waals surface area contributed by atoms with Gasteiger partial charge in [0.25, 0.3) is 0 Å². The van der Waals surface area contributed by atoms with Crippen LogP contribution in [0.4, 0.5) is 0 Å². The highest BCUT2D eigenvalue weighted by Crippen LogP contribution is 2.16. The third-order valence-corrected chi connectivity index (χ3v) is 11.1. The van der Waals surface area contributed by atoms with E-state index in [1.807, 2.05) is 4.90 Å². The lowest BCUT2D eigenvalue weighted by Gasteiger charge is -2.24. The fourth-order valence-corrected chi connectivity index (χ4v) is 7.49. The Balaban J connectivity index is 4.36. The van der Waals surface area contributed by atoms with E-state index >= 15 is 0 Å². The van der Waals surface area contributed by atoms with E-state index in [9.17, 15) is 9.59 Å². The summed E-state index contributed by atoms with van der Waals surface area (Å²) in [5, 5.41) is 6.25. The van der Waals surface area contributed by atoms with Gasteiger partial charge in [-0.3, -0.25) is 9.59 Å². The fraction of sp³-hybridized carbons (Fsp3) is 0.957. The molecule has 0 aromatic carbocycles. The van der Waals surface area contributed by atoms with Gasteiger partial charge in [-0.2, -0.15) is 0 Å². The van der Waals surface area contributed by atoms with Gasteiger partial charge in [-0.15, -0.1) is 0 Å². The average Bonchev–Trinajstić information content (AvgIpc) is 3.16. The number of nitrogens with one attached hydrogen (secondary N) is 2. The lowest BCUT2D eigenvalue weighted by Crippen LogP contribution is -2.48. The molecular formula is C46H95N5O2. The minimum Gasteiger partial charge on any atom is -0.346 e. The van der Waals surface area contributed by atoms with Gasteiger partial charge in [-0.05, 0) is 51.7 Å². The summed E-state index contributed by atoms with van der Waals surface area (Å²) < 4.78 is 0. The summed E-state index contributed by atoms with van der Waals surface area (Å²) >= 11 is 0. The summed E-state index contributed by atoms with van der Waals surface area (Å²) in [5.74, 6) is -0.0478. The van der Waals surface area contributed by atoms with E-state index in [2.05, 4.69) is 24.5 Å². The zero-order valence-electron chi connectivity index (χ0n) is 36.0. The topological polar surface area (TPSA) is 113 Å². The quantitative estimate of drug-likeness (QED) is 0.0463. The Morgan fingerprint density at radius 1 is 0.453 bits per heavy atom. The van der Waals surface area contributed by atoms with Gasteiger partial charge >= 0.3 is 0 Å². The molecule has 0 aliphatic carbocycles. The van der Waals surface area contributed by atoms with Crippen LogP contribution in [-0.4, -0.2) is 62.0 Å². The fourth-order valence-electron chi connectivity index (χ4n) is 7.49. The Bertz CT molecular complexity index is 715. The normalized spacial score (nSPS) is 12.0. The van der Waals surface area contributed by atoms with Crippen LogP contribution in [0.2, 0.25) is 0 Å². The van der Waals surface area contributed by atoms with Crippen molar-refractivity contribution >= 4 is 11.8 Å². The van der Waals surface area contributed by atoms with Crippen LogP contribution in [0.5, 0.6) is 0 Å². The van der Waals surface area contributed by atoms with Gasteiger partial charge in [-0.25, -0.2) is 0 Å². The maximum atomic E-state index is 13.4. The molecule has 0 spiro atoms.